The highest BCUT2D eigenvalue weighted by Crippen LogP contribution is 2.29. The number of amides is 2. The summed E-state index contributed by atoms with van der Waals surface area (Å²) in [7, 11) is 4.08. The quantitative estimate of drug-likeness (QED) is 0.398. The molecule has 2 aliphatic heterocycles. The van der Waals surface area contributed by atoms with Gasteiger partial charge in [0.2, 0.25) is 11.8 Å². The lowest BCUT2D eigenvalue weighted by atomic mass is 10.2. The first-order valence-corrected chi connectivity index (χ1v) is 10.7. The van der Waals surface area contributed by atoms with Gasteiger partial charge in [0.1, 0.15) is 16.9 Å². The highest BCUT2D eigenvalue weighted by molar-refractivity contribution is 8.01. The standard InChI is InChI=1S/C18H26N8O2S/c1-23-3-7-25(8-4-23)17(27)14(18(28)26-9-5-24(2)6-10-26)29-16-13-15(20-11-19-13)21-12-22-16/h11-12,14H,3-10H2,1-2H3,(H,19,20,21,22). The maximum Gasteiger partial charge on any atom is 0.245 e. The van der Waals surface area contributed by atoms with Gasteiger partial charge in [0.05, 0.1) is 6.33 Å². The average Bonchev–Trinajstić information content (AvgIpc) is 3.22. The SMILES string of the molecule is CN1CCN(C(=O)C(Sc2ncnc3nc[nH]c23)C(=O)N2CCN(C)CC2)CC1. The van der Waals surface area contributed by atoms with Gasteiger partial charge in [0.15, 0.2) is 10.9 Å². The molecule has 29 heavy (non-hydrogen) atoms. The van der Waals surface area contributed by atoms with Crippen molar-refractivity contribution in [2.24, 2.45) is 0 Å². The van der Waals surface area contributed by atoms with E-state index in [0.29, 0.717) is 42.4 Å². The molecule has 4 heterocycles. The number of aromatic nitrogens is 4. The van der Waals surface area contributed by atoms with Gasteiger partial charge in [-0.05, 0) is 14.1 Å². The van der Waals surface area contributed by atoms with Crippen molar-refractivity contribution in [1.82, 2.24) is 39.5 Å². The van der Waals surface area contributed by atoms with Crippen molar-refractivity contribution < 1.29 is 9.59 Å². The molecule has 0 unspecified atom stereocenters. The van der Waals surface area contributed by atoms with Crippen LogP contribution in [0.15, 0.2) is 17.7 Å². The first-order chi connectivity index (χ1) is 14.0. The van der Waals surface area contributed by atoms with E-state index in [1.165, 1.54) is 18.1 Å². The molecule has 2 saturated heterocycles. The maximum atomic E-state index is 13.4. The minimum atomic E-state index is -0.858. The number of carbonyl (C=O) groups is 2. The summed E-state index contributed by atoms with van der Waals surface area (Å²) in [6.07, 6.45) is 2.96. The fourth-order valence-electron chi connectivity index (χ4n) is 3.54. The summed E-state index contributed by atoms with van der Waals surface area (Å²) >= 11 is 1.20. The molecule has 10 nitrogen and oxygen atoms in total. The van der Waals surface area contributed by atoms with Gasteiger partial charge in [-0.15, -0.1) is 0 Å². The zero-order valence-electron chi connectivity index (χ0n) is 16.7. The van der Waals surface area contributed by atoms with Crippen molar-refractivity contribution in [3.63, 3.8) is 0 Å². The molecule has 2 aromatic rings. The Labute approximate surface area is 173 Å². The number of thioether (sulfide) groups is 1. The van der Waals surface area contributed by atoms with Crippen LogP contribution in [-0.4, -0.2) is 123 Å². The number of fused-ring (bicyclic) bond motifs is 1. The molecular formula is C18H26N8O2S. The molecule has 156 valence electrons. The van der Waals surface area contributed by atoms with Crippen LogP contribution in [0.4, 0.5) is 0 Å². The Morgan fingerprint density at radius 2 is 1.45 bits per heavy atom. The van der Waals surface area contributed by atoms with Crippen molar-refractivity contribution in [2.75, 3.05) is 66.5 Å². The lowest BCUT2D eigenvalue weighted by molar-refractivity contribution is -0.141. The Bertz CT molecular complexity index is 840. The third kappa shape index (κ3) is 4.36. The van der Waals surface area contributed by atoms with Crippen LogP contribution in [0.1, 0.15) is 0 Å². The first-order valence-electron chi connectivity index (χ1n) is 9.78. The molecule has 2 amide bonds. The summed E-state index contributed by atoms with van der Waals surface area (Å²) in [6.45, 7) is 5.76. The lowest BCUT2D eigenvalue weighted by Gasteiger charge is -2.37. The fourth-order valence-corrected chi connectivity index (χ4v) is 4.63. The van der Waals surface area contributed by atoms with Crippen LogP contribution >= 0.6 is 11.8 Å². The zero-order valence-corrected chi connectivity index (χ0v) is 17.6. The molecular weight excluding hydrogens is 392 g/mol. The number of aromatic amines is 1. The highest BCUT2D eigenvalue weighted by Gasteiger charge is 2.37. The Hall–Kier alpha value is -2.24. The number of nitrogens with zero attached hydrogens (tertiary/aromatic N) is 7. The molecule has 11 heteroatoms. The van der Waals surface area contributed by atoms with E-state index in [4.69, 9.17) is 0 Å². The predicted molar refractivity (Wildman–Crippen MR) is 109 cm³/mol. The predicted octanol–water partition coefficient (Wildman–Crippen LogP) is -0.638. The van der Waals surface area contributed by atoms with Crippen LogP contribution in [-0.2, 0) is 9.59 Å². The second kappa shape index (κ2) is 8.64. The molecule has 0 aromatic carbocycles. The van der Waals surface area contributed by atoms with Crippen molar-refractivity contribution in [3.8, 4) is 0 Å². The molecule has 0 saturated carbocycles. The second-order valence-electron chi connectivity index (χ2n) is 7.53. The van der Waals surface area contributed by atoms with Crippen molar-refractivity contribution >= 4 is 34.7 Å². The molecule has 0 aliphatic carbocycles. The molecule has 1 N–H and O–H groups in total. The Kier molecular flexibility index (Phi) is 5.97. The first kappa shape index (κ1) is 20.0. The third-order valence-corrected chi connectivity index (χ3v) is 6.67. The Balaban J connectivity index is 1.58. The summed E-state index contributed by atoms with van der Waals surface area (Å²) in [5.41, 5.74) is 1.18. The van der Waals surface area contributed by atoms with E-state index in [1.807, 2.05) is 14.1 Å². The van der Waals surface area contributed by atoms with E-state index in [2.05, 4.69) is 29.7 Å². The number of nitrogens with one attached hydrogen (secondary N) is 1. The van der Waals surface area contributed by atoms with Gasteiger partial charge in [0.25, 0.3) is 0 Å². The number of piperazine rings is 2. The molecule has 4 rings (SSSR count). The van der Waals surface area contributed by atoms with Gasteiger partial charge in [-0.1, -0.05) is 11.8 Å². The Morgan fingerprint density at radius 3 is 2.00 bits per heavy atom. The zero-order chi connectivity index (χ0) is 20.4. The van der Waals surface area contributed by atoms with E-state index in [9.17, 15) is 9.59 Å². The normalized spacial score (nSPS) is 19.3. The van der Waals surface area contributed by atoms with Crippen LogP contribution in [0, 0.1) is 0 Å². The van der Waals surface area contributed by atoms with Gasteiger partial charge < -0.3 is 24.6 Å². The van der Waals surface area contributed by atoms with Gasteiger partial charge >= 0.3 is 0 Å². The van der Waals surface area contributed by atoms with Crippen molar-refractivity contribution in [2.45, 2.75) is 10.3 Å². The summed E-state index contributed by atoms with van der Waals surface area (Å²) < 4.78 is 0. The van der Waals surface area contributed by atoms with E-state index < -0.39 is 5.25 Å². The topological polar surface area (TPSA) is 102 Å². The lowest BCUT2D eigenvalue weighted by Crippen LogP contribution is -2.55. The van der Waals surface area contributed by atoms with Crippen LogP contribution in [0.25, 0.3) is 11.2 Å². The number of carbonyl (C=O) groups excluding carboxylic acids is 2. The molecule has 2 fully saturated rings. The number of H-pyrrole nitrogens is 1. The van der Waals surface area contributed by atoms with Gasteiger partial charge in [0, 0.05) is 52.4 Å². The summed E-state index contributed by atoms with van der Waals surface area (Å²) in [4.78, 5) is 50.4. The molecule has 0 bridgehead atoms. The number of rotatable bonds is 4. The van der Waals surface area contributed by atoms with E-state index >= 15 is 0 Å². The second-order valence-corrected chi connectivity index (χ2v) is 8.63. The van der Waals surface area contributed by atoms with Crippen LogP contribution < -0.4 is 0 Å². The molecule has 2 aliphatic rings. The molecule has 0 radical (unpaired) electrons. The minimum Gasteiger partial charge on any atom is -0.341 e. The van der Waals surface area contributed by atoms with Crippen LogP contribution in [0.2, 0.25) is 0 Å². The van der Waals surface area contributed by atoms with Gasteiger partial charge in [-0.2, -0.15) is 0 Å². The summed E-state index contributed by atoms with van der Waals surface area (Å²) in [5, 5.41) is -0.286. The van der Waals surface area contributed by atoms with E-state index in [1.54, 1.807) is 16.1 Å². The Morgan fingerprint density at radius 1 is 0.897 bits per heavy atom. The molecule has 0 atom stereocenters. The highest BCUT2D eigenvalue weighted by atomic mass is 32.2. The van der Waals surface area contributed by atoms with Crippen LogP contribution in [0.3, 0.4) is 0 Å². The van der Waals surface area contributed by atoms with Crippen LogP contribution in [0.5, 0.6) is 0 Å². The summed E-state index contributed by atoms with van der Waals surface area (Å²) in [6, 6.07) is 0. The monoisotopic (exact) mass is 418 g/mol. The fraction of sp³-hybridized carbons (Fsp3) is 0.611. The van der Waals surface area contributed by atoms with E-state index in [-0.39, 0.29) is 11.8 Å². The molecule has 2 aromatic heterocycles. The number of imidazole rings is 1. The van der Waals surface area contributed by atoms with Crippen molar-refractivity contribution in [1.29, 1.82) is 0 Å². The molecule has 0 spiro atoms. The maximum absolute atomic E-state index is 13.4. The minimum absolute atomic E-state index is 0.140. The number of hydrogen-bond acceptors (Lipinski definition) is 8. The smallest absolute Gasteiger partial charge is 0.245 e. The number of likely N-dealkylation sites (N-methyl/N-ethyl adjacent to an activating group) is 2. The average molecular weight is 419 g/mol. The van der Waals surface area contributed by atoms with Crippen molar-refractivity contribution in [3.05, 3.63) is 12.7 Å². The van der Waals surface area contributed by atoms with Gasteiger partial charge in [-0.25, -0.2) is 15.0 Å². The largest absolute Gasteiger partial charge is 0.341 e. The third-order valence-electron chi connectivity index (χ3n) is 5.50. The van der Waals surface area contributed by atoms with Gasteiger partial charge in [-0.3, -0.25) is 9.59 Å². The summed E-state index contributed by atoms with van der Waals surface area (Å²) in [5.74, 6) is -0.281. The number of hydrogen-bond donors (Lipinski definition) is 1. The van der Waals surface area contributed by atoms with E-state index in [0.717, 1.165) is 26.2 Å².